The summed E-state index contributed by atoms with van der Waals surface area (Å²) in [5.74, 6) is -14.7. The molecule has 2 unspecified atom stereocenters. The van der Waals surface area contributed by atoms with Crippen LogP contribution in [0.3, 0.4) is 0 Å². The first-order valence-electron chi connectivity index (χ1n) is 8.95. The molecule has 2 atom stereocenters. The summed E-state index contributed by atoms with van der Waals surface area (Å²) < 4.78 is 97.9. The molecular weight excluding hydrogens is 393 g/mol. The normalized spacial score (nSPS) is 18.0. The Morgan fingerprint density at radius 1 is 0.821 bits per heavy atom. The fourth-order valence-corrected chi connectivity index (χ4v) is 2.95. The number of halogens is 7. The molecule has 0 radical (unpaired) electrons. The van der Waals surface area contributed by atoms with Crippen LogP contribution in [-0.4, -0.2) is 30.1 Å². The molecule has 0 fully saturated rings. The van der Waals surface area contributed by atoms with E-state index in [1.165, 1.54) is 6.92 Å². The molecule has 0 aliphatic carbocycles. The van der Waals surface area contributed by atoms with Crippen LogP contribution in [0.2, 0.25) is 0 Å². The lowest BCUT2D eigenvalue weighted by Gasteiger charge is -2.45. The van der Waals surface area contributed by atoms with Gasteiger partial charge in [-0.25, -0.2) is 0 Å². The maximum absolute atomic E-state index is 14.2. The van der Waals surface area contributed by atoms with Crippen LogP contribution in [0.25, 0.3) is 0 Å². The van der Waals surface area contributed by atoms with Crippen LogP contribution in [0.5, 0.6) is 0 Å². The molecule has 0 amide bonds. The van der Waals surface area contributed by atoms with E-state index in [4.69, 9.17) is 4.74 Å². The van der Waals surface area contributed by atoms with E-state index >= 15 is 0 Å². The molecule has 0 aromatic rings. The Morgan fingerprint density at radius 3 is 1.46 bits per heavy atom. The fraction of sp³-hybridized carbons (Fsp3) is 0.947. The highest BCUT2D eigenvalue weighted by molar-refractivity contribution is 5.77. The van der Waals surface area contributed by atoms with Crippen molar-refractivity contribution in [2.45, 2.75) is 92.9 Å². The van der Waals surface area contributed by atoms with Gasteiger partial charge in [-0.05, 0) is 30.1 Å². The topological polar surface area (TPSA) is 26.3 Å². The van der Waals surface area contributed by atoms with E-state index < -0.39 is 52.3 Å². The number of esters is 1. The van der Waals surface area contributed by atoms with Crippen LogP contribution < -0.4 is 0 Å². The molecule has 0 bridgehead atoms. The number of hydrogen-bond donors (Lipinski definition) is 0. The molecule has 9 heteroatoms. The summed E-state index contributed by atoms with van der Waals surface area (Å²) in [4.78, 5) is 12.8. The summed E-state index contributed by atoms with van der Waals surface area (Å²) in [6.07, 6.45) is -9.29. The Labute approximate surface area is 162 Å². The number of carbonyl (C=O) groups excluding carboxylic acids is 1. The summed E-state index contributed by atoms with van der Waals surface area (Å²) in [5, 5.41) is 0. The van der Waals surface area contributed by atoms with Gasteiger partial charge in [0.05, 0.1) is 5.41 Å². The van der Waals surface area contributed by atoms with Crippen LogP contribution in [0.1, 0.15) is 68.7 Å². The van der Waals surface area contributed by atoms with Gasteiger partial charge in [0, 0.05) is 0 Å². The van der Waals surface area contributed by atoms with Gasteiger partial charge < -0.3 is 4.74 Å². The van der Waals surface area contributed by atoms with E-state index in [2.05, 4.69) is 0 Å². The lowest BCUT2D eigenvalue weighted by molar-refractivity contribution is -0.374. The Kier molecular flexibility index (Phi) is 7.39. The third-order valence-corrected chi connectivity index (χ3v) is 4.96. The minimum Gasteiger partial charge on any atom is -0.455 e. The van der Waals surface area contributed by atoms with E-state index in [-0.39, 0.29) is 6.42 Å². The van der Waals surface area contributed by atoms with E-state index in [0.717, 1.165) is 13.8 Å². The highest BCUT2D eigenvalue weighted by atomic mass is 19.4. The minimum atomic E-state index is -6.49. The summed E-state index contributed by atoms with van der Waals surface area (Å²) in [6.45, 7) is 13.7. The van der Waals surface area contributed by atoms with Crippen molar-refractivity contribution in [3.05, 3.63) is 0 Å². The zero-order chi connectivity index (χ0) is 23.1. The number of carbonyl (C=O) groups is 1. The number of alkyl halides is 7. The van der Waals surface area contributed by atoms with Gasteiger partial charge in [-0.15, -0.1) is 0 Å². The van der Waals surface area contributed by atoms with E-state index in [0.29, 0.717) is 0 Å². The van der Waals surface area contributed by atoms with Crippen molar-refractivity contribution in [3.8, 4) is 0 Å². The average Bonchev–Trinajstić information content (AvgIpc) is 2.38. The van der Waals surface area contributed by atoms with E-state index in [9.17, 15) is 35.5 Å². The third kappa shape index (κ3) is 5.32. The molecule has 0 aromatic carbocycles. The molecule has 0 saturated carbocycles. The van der Waals surface area contributed by atoms with Crippen LogP contribution in [0.15, 0.2) is 0 Å². The van der Waals surface area contributed by atoms with Gasteiger partial charge in [-0.2, -0.15) is 30.7 Å². The predicted molar refractivity (Wildman–Crippen MR) is 92.3 cm³/mol. The first kappa shape index (κ1) is 27.0. The fourth-order valence-electron chi connectivity index (χ4n) is 2.95. The smallest absolute Gasteiger partial charge is 0.455 e. The van der Waals surface area contributed by atoms with Crippen molar-refractivity contribution in [1.29, 1.82) is 0 Å². The molecule has 0 aliphatic heterocycles. The Balaban J connectivity index is 6.16. The van der Waals surface area contributed by atoms with Gasteiger partial charge >= 0.3 is 24.0 Å². The maximum Gasteiger partial charge on any atom is 0.460 e. The summed E-state index contributed by atoms with van der Waals surface area (Å²) >= 11 is 0. The average molecular weight is 424 g/mol. The van der Waals surface area contributed by atoms with Gasteiger partial charge in [0.2, 0.25) is 0 Å². The molecule has 0 aromatic heterocycles. The molecule has 0 saturated heterocycles. The van der Waals surface area contributed by atoms with Gasteiger partial charge in [-0.1, -0.05) is 55.4 Å². The van der Waals surface area contributed by atoms with Crippen molar-refractivity contribution in [2.24, 2.45) is 22.2 Å². The van der Waals surface area contributed by atoms with Crippen molar-refractivity contribution in [2.75, 3.05) is 0 Å². The SMILES string of the molecule is CC(C)C(OC(=O)C(C)(CC(C)(C)C)C(C)(C)C)C(F)(F)C(F)(F)C(F)(F)F. The number of ether oxygens (including phenoxy) is 1. The predicted octanol–water partition coefficient (Wildman–Crippen LogP) is 6.88. The van der Waals surface area contributed by atoms with Crippen molar-refractivity contribution in [1.82, 2.24) is 0 Å². The second kappa shape index (κ2) is 7.67. The monoisotopic (exact) mass is 424 g/mol. The second-order valence-electron chi connectivity index (χ2n) is 10.1. The van der Waals surface area contributed by atoms with Gasteiger partial charge in [0.25, 0.3) is 0 Å². The molecule has 0 heterocycles. The zero-order valence-corrected chi connectivity index (χ0v) is 17.8. The second-order valence-corrected chi connectivity index (χ2v) is 10.1. The van der Waals surface area contributed by atoms with E-state index in [1.807, 2.05) is 0 Å². The third-order valence-electron chi connectivity index (χ3n) is 4.96. The van der Waals surface area contributed by atoms with Gasteiger partial charge in [0.1, 0.15) is 0 Å². The number of hydrogen-bond acceptors (Lipinski definition) is 2. The van der Waals surface area contributed by atoms with Crippen molar-refractivity contribution < 1.29 is 40.3 Å². The van der Waals surface area contributed by atoms with Crippen LogP contribution >= 0.6 is 0 Å². The zero-order valence-electron chi connectivity index (χ0n) is 17.8. The highest BCUT2D eigenvalue weighted by Gasteiger charge is 2.76. The highest BCUT2D eigenvalue weighted by Crippen LogP contribution is 2.52. The molecule has 28 heavy (non-hydrogen) atoms. The van der Waals surface area contributed by atoms with Crippen molar-refractivity contribution in [3.63, 3.8) is 0 Å². The standard InChI is InChI=1S/C19H31F7O2/c1-11(2)12(17(20,21)18(22,23)19(24,25)26)28-13(27)16(9,15(6,7)8)10-14(3,4)5/h11-12H,10H2,1-9H3. The molecule has 0 N–H and O–H groups in total. The number of rotatable bonds is 6. The lowest BCUT2D eigenvalue weighted by Crippen LogP contribution is -2.61. The molecule has 168 valence electrons. The first-order chi connectivity index (χ1) is 11.9. The minimum absolute atomic E-state index is 0.147. The Hall–Kier alpha value is -1.02. The molecule has 0 rings (SSSR count). The van der Waals surface area contributed by atoms with Gasteiger partial charge in [-0.3, -0.25) is 4.79 Å². The van der Waals surface area contributed by atoms with Crippen molar-refractivity contribution >= 4 is 5.97 Å². The Morgan fingerprint density at radius 2 is 1.21 bits per heavy atom. The van der Waals surface area contributed by atoms with Crippen LogP contribution in [0, 0.1) is 22.2 Å². The maximum atomic E-state index is 14.2. The van der Waals surface area contributed by atoms with E-state index in [1.54, 1.807) is 41.5 Å². The summed E-state index contributed by atoms with van der Waals surface area (Å²) in [5.41, 5.74) is -2.70. The Bertz CT molecular complexity index is 554. The molecular formula is C19H31F7O2. The van der Waals surface area contributed by atoms with Crippen LogP contribution in [0.4, 0.5) is 30.7 Å². The quantitative estimate of drug-likeness (QED) is 0.343. The van der Waals surface area contributed by atoms with Crippen LogP contribution in [-0.2, 0) is 9.53 Å². The molecule has 0 aliphatic rings. The molecule has 0 spiro atoms. The summed E-state index contributed by atoms with van der Waals surface area (Å²) in [6, 6.07) is 0. The largest absolute Gasteiger partial charge is 0.460 e. The lowest BCUT2D eigenvalue weighted by atomic mass is 9.61. The molecule has 2 nitrogen and oxygen atoms in total. The van der Waals surface area contributed by atoms with Gasteiger partial charge in [0.15, 0.2) is 6.10 Å². The first-order valence-corrected chi connectivity index (χ1v) is 8.95. The summed E-state index contributed by atoms with van der Waals surface area (Å²) in [7, 11) is 0.